The molecule has 1 aromatic carbocycles. The predicted octanol–water partition coefficient (Wildman–Crippen LogP) is 1.60. The van der Waals surface area contributed by atoms with Gasteiger partial charge in [-0.25, -0.2) is 17.9 Å². The van der Waals surface area contributed by atoms with Crippen LogP contribution in [0.3, 0.4) is 0 Å². The van der Waals surface area contributed by atoms with Crippen LogP contribution in [0.2, 0.25) is 0 Å². The molecule has 9 heteroatoms. The van der Waals surface area contributed by atoms with Crippen molar-refractivity contribution in [2.24, 2.45) is 0 Å². The van der Waals surface area contributed by atoms with Crippen molar-refractivity contribution < 1.29 is 27.5 Å². The molecule has 0 aromatic heterocycles. The van der Waals surface area contributed by atoms with Gasteiger partial charge in [-0.1, -0.05) is 13.3 Å². The van der Waals surface area contributed by atoms with E-state index in [4.69, 9.17) is 9.47 Å². The highest BCUT2D eigenvalue weighted by molar-refractivity contribution is 7.89. The largest absolute Gasteiger partial charge is 0.495 e. The Labute approximate surface area is 159 Å². The molecule has 150 valence electrons. The van der Waals surface area contributed by atoms with E-state index in [0.29, 0.717) is 0 Å². The first-order chi connectivity index (χ1) is 12.8. The van der Waals surface area contributed by atoms with Crippen LogP contribution >= 0.6 is 0 Å². The molecule has 1 aliphatic carbocycles. The summed E-state index contributed by atoms with van der Waals surface area (Å²) in [5.74, 6) is -1.05. The molecule has 1 amide bonds. The van der Waals surface area contributed by atoms with Crippen molar-refractivity contribution in [1.82, 2.24) is 10.0 Å². The molecule has 0 radical (unpaired) electrons. The van der Waals surface area contributed by atoms with Gasteiger partial charge < -0.3 is 14.8 Å². The monoisotopic (exact) mass is 398 g/mol. The molecule has 27 heavy (non-hydrogen) atoms. The minimum atomic E-state index is -3.81. The van der Waals surface area contributed by atoms with E-state index in [1.807, 2.05) is 13.8 Å². The number of esters is 1. The van der Waals surface area contributed by atoms with Gasteiger partial charge in [0.2, 0.25) is 10.0 Å². The Balaban J connectivity index is 2.06. The van der Waals surface area contributed by atoms with Gasteiger partial charge in [0.15, 0.2) is 6.61 Å². The number of carbonyl (C=O) groups excluding carboxylic acids is 2. The number of hydrogen-bond donors (Lipinski definition) is 2. The molecule has 0 heterocycles. The average molecular weight is 398 g/mol. The SMILES string of the molecule is CCC[C@H](C)NC(=O)COC(=O)c1ccc(OC)c(S(=O)(=O)NC2CC2)c1. The first-order valence-electron chi connectivity index (χ1n) is 8.93. The lowest BCUT2D eigenvalue weighted by Gasteiger charge is -2.14. The second kappa shape index (κ2) is 9.18. The van der Waals surface area contributed by atoms with Gasteiger partial charge in [0.25, 0.3) is 5.91 Å². The van der Waals surface area contributed by atoms with Crippen LogP contribution in [0.5, 0.6) is 5.75 Å². The Kier molecular flexibility index (Phi) is 7.20. The van der Waals surface area contributed by atoms with Crippen molar-refractivity contribution in [1.29, 1.82) is 0 Å². The third kappa shape index (κ3) is 6.21. The highest BCUT2D eigenvalue weighted by atomic mass is 32.2. The number of amides is 1. The Morgan fingerprint density at radius 3 is 2.59 bits per heavy atom. The van der Waals surface area contributed by atoms with Crippen LogP contribution < -0.4 is 14.8 Å². The predicted molar refractivity (Wildman–Crippen MR) is 99.1 cm³/mol. The third-order valence-electron chi connectivity index (χ3n) is 4.05. The Morgan fingerprint density at radius 1 is 1.30 bits per heavy atom. The van der Waals surface area contributed by atoms with Gasteiger partial charge in [0.1, 0.15) is 10.6 Å². The topological polar surface area (TPSA) is 111 Å². The summed E-state index contributed by atoms with van der Waals surface area (Å²) in [6.07, 6.45) is 3.33. The summed E-state index contributed by atoms with van der Waals surface area (Å²) in [5, 5.41) is 2.73. The van der Waals surface area contributed by atoms with Gasteiger partial charge in [-0.05, 0) is 44.4 Å². The fourth-order valence-electron chi connectivity index (χ4n) is 2.53. The van der Waals surface area contributed by atoms with E-state index in [1.165, 1.54) is 25.3 Å². The third-order valence-corrected chi connectivity index (χ3v) is 5.59. The van der Waals surface area contributed by atoms with Crippen LogP contribution in [-0.4, -0.2) is 46.1 Å². The van der Waals surface area contributed by atoms with Gasteiger partial charge in [-0.2, -0.15) is 0 Å². The van der Waals surface area contributed by atoms with E-state index >= 15 is 0 Å². The van der Waals surface area contributed by atoms with Crippen molar-refractivity contribution in [2.45, 2.75) is 56.5 Å². The summed E-state index contributed by atoms with van der Waals surface area (Å²) >= 11 is 0. The molecule has 2 rings (SSSR count). The first kappa shape index (κ1) is 21.2. The van der Waals surface area contributed by atoms with Crippen LogP contribution in [0.1, 0.15) is 49.9 Å². The summed E-state index contributed by atoms with van der Waals surface area (Å²) in [4.78, 5) is 23.9. The van der Waals surface area contributed by atoms with E-state index in [0.717, 1.165) is 25.7 Å². The van der Waals surface area contributed by atoms with Gasteiger partial charge in [-0.3, -0.25) is 4.79 Å². The Bertz CT molecular complexity index is 789. The van der Waals surface area contributed by atoms with Gasteiger partial charge in [0.05, 0.1) is 12.7 Å². The summed E-state index contributed by atoms with van der Waals surface area (Å²) < 4.78 is 37.6. The average Bonchev–Trinajstić information content (AvgIpc) is 3.42. The maximum Gasteiger partial charge on any atom is 0.338 e. The number of methoxy groups -OCH3 is 1. The Hall–Kier alpha value is -2.13. The Morgan fingerprint density at radius 2 is 2.00 bits per heavy atom. The summed E-state index contributed by atoms with van der Waals surface area (Å²) in [5.41, 5.74) is 0.0291. The zero-order valence-corrected chi connectivity index (χ0v) is 16.6. The van der Waals surface area contributed by atoms with Gasteiger partial charge in [-0.15, -0.1) is 0 Å². The summed E-state index contributed by atoms with van der Waals surface area (Å²) in [7, 11) is -2.46. The molecule has 1 aromatic rings. The van der Waals surface area contributed by atoms with E-state index in [9.17, 15) is 18.0 Å². The van der Waals surface area contributed by atoms with Crippen molar-refractivity contribution in [2.75, 3.05) is 13.7 Å². The molecular formula is C18H26N2O6S. The van der Waals surface area contributed by atoms with Crippen LogP contribution in [-0.2, 0) is 19.6 Å². The second-order valence-electron chi connectivity index (χ2n) is 6.59. The number of rotatable bonds is 10. The molecule has 1 fully saturated rings. The zero-order valence-electron chi connectivity index (χ0n) is 15.8. The fraction of sp³-hybridized carbons (Fsp3) is 0.556. The van der Waals surface area contributed by atoms with Crippen LogP contribution in [0.4, 0.5) is 0 Å². The summed E-state index contributed by atoms with van der Waals surface area (Å²) in [6.45, 7) is 3.45. The molecule has 0 saturated heterocycles. The molecule has 1 atom stereocenters. The van der Waals surface area contributed by atoms with Gasteiger partial charge >= 0.3 is 5.97 Å². The lowest BCUT2D eigenvalue weighted by Crippen LogP contribution is -2.35. The van der Waals surface area contributed by atoms with E-state index in [-0.39, 0.29) is 28.3 Å². The van der Waals surface area contributed by atoms with Crippen LogP contribution in [0, 0.1) is 0 Å². The van der Waals surface area contributed by atoms with E-state index < -0.39 is 28.5 Å². The van der Waals surface area contributed by atoms with E-state index in [1.54, 1.807) is 0 Å². The minimum absolute atomic E-state index is 0.00701. The lowest BCUT2D eigenvalue weighted by molar-refractivity contribution is -0.124. The number of sulfonamides is 1. The maximum absolute atomic E-state index is 12.5. The van der Waals surface area contributed by atoms with Crippen molar-refractivity contribution in [3.8, 4) is 5.75 Å². The van der Waals surface area contributed by atoms with Crippen molar-refractivity contribution >= 4 is 21.9 Å². The molecule has 2 N–H and O–H groups in total. The zero-order chi connectivity index (χ0) is 20.0. The maximum atomic E-state index is 12.5. The molecule has 1 aliphatic rings. The minimum Gasteiger partial charge on any atom is -0.495 e. The number of hydrogen-bond acceptors (Lipinski definition) is 6. The molecule has 0 bridgehead atoms. The molecular weight excluding hydrogens is 372 g/mol. The number of carbonyl (C=O) groups is 2. The second-order valence-corrected chi connectivity index (χ2v) is 8.28. The van der Waals surface area contributed by atoms with Crippen molar-refractivity contribution in [3.05, 3.63) is 23.8 Å². The molecule has 0 spiro atoms. The van der Waals surface area contributed by atoms with Gasteiger partial charge in [0, 0.05) is 12.1 Å². The molecule has 0 unspecified atom stereocenters. The number of nitrogens with one attached hydrogen (secondary N) is 2. The van der Waals surface area contributed by atoms with Crippen LogP contribution in [0.25, 0.3) is 0 Å². The van der Waals surface area contributed by atoms with Crippen molar-refractivity contribution in [3.63, 3.8) is 0 Å². The number of benzene rings is 1. The highest BCUT2D eigenvalue weighted by Crippen LogP contribution is 2.28. The smallest absolute Gasteiger partial charge is 0.338 e. The standard InChI is InChI=1S/C18H26N2O6S/c1-4-5-12(2)19-17(21)11-26-18(22)13-6-9-15(25-3)16(10-13)27(23,24)20-14-7-8-14/h6,9-10,12,14,20H,4-5,7-8,11H2,1-3H3,(H,19,21)/t12-/m0/s1. The first-order valence-corrected chi connectivity index (χ1v) is 10.4. The number of ether oxygens (including phenoxy) is 2. The van der Waals surface area contributed by atoms with E-state index in [2.05, 4.69) is 10.0 Å². The molecule has 1 saturated carbocycles. The molecule has 0 aliphatic heterocycles. The molecule has 8 nitrogen and oxygen atoms in total. The fourth-order valence-corrected chi connectivity index (χ4v) is 4.03. The van der Waals surface area contributed by atoms with Crippen LogP contribution in [0.15, 0.2) is 23.1 Å². The normalized spacial score (nSPS) is 15.1. The quantitative estimate of drug-likeness (QED) is 0.579. The summed E-state index contributed by atoms with van der Waals surface area (Å²) in [6, 6.07) is 3.90. The lowest BCUT2D eigenvalue weighted by atomic mass is 10.2. The highest BCUT2D eigenvalue weighted by Gasteiger charge is 2.30.